The summed E-state index contributed by atoms with van der Waals surface area (Å²) in [5.74, 6) is -0.382. The number of hydrogen-bond acceptors (Lipinski definition) is 6. The Kier molecular flexibility index (Phi) is 7.24. The molecular formula is C19H21F3N4O3. The molecule has 1 atom stereocenters. The monoisotopic (exact) mass is 410 g/mol. The average molecular weight is 410 g/mol. The second-order valence-electron chi connectivity index (χ2n) is 6.37. The molecule has 29 heavy (non-hydrogen) atoms. The molecule has 2 rings (SSSR count). The van der Waals surface area contributed by atoms with Crippen LogP contribution in [0, 0.1) is 6.92 Å². The van der Waals surface area contributed by atoms with Gasteiger partial charge in [-0.2, -0.15) is 13.2 Å². The van der Waals surface area contributed by atoms with Crippen LogP contribution in [0.15, 0.2) is 24.4 Å². The molecule has 0 saturated heterocycles. The number of carbonyl (C=O) groups excluding carboxylic acids is 2. The minimum absolute atomic E-state index is 0.0322. The minimum Gasteiger partial charge on any atom is -0.465 e. The van der Waals surface area contributed by atoms with Gasteiger partial charge in [0.25, 0.3) is 5.91 Å². The van der Waals surface area contributed by atoms with Crippen LogP contribution in [0.2, 0.25) is 0 Å². The van der Waals surface area contributed by atoms with Crippen LogP contribution in [0.4, 0.5) is 13.2 Å². The van der Waals surface area contributed by atoms with Crippen LogP contribution in [0.1, 0.15) is 47.8 Å². The molecule has 2 aromatic rings. The number of aryl methyl sites for hydroxylation is 1. The standard InChI is InChI=1S/C19H21F3N4O3/c1-4-14(27)8-16-25-11(2)7-15(26-16)18(28)24-10-13-5-6-17(23-9-13)29-12(3)19(20,21)22/h5-7,9,12H,4,8,10H2,1-3H3,(H,24,28)/t12-/m1/s1. The highest BCUT2D eigenvalue weighted by Gasteiger charge is 2.38. The van der Waals surface area contributed by atoms with E-state index in [-0.39, 0.29) is 36.1 Å². The Hall–Kier alpha value is -3.04. The summed E-state index contributed by atoms with van der Waals surface area (Å²) in [5.41, 5.74) is 1.26. The number of nitrogens with zero attached hydrogens (tertiary/aromatic N) is 3. The fourth-order valence-corrected chi connectivity index (χ4v) is 2.23. The Morgan fingerprint density at radius 1 is 1.24 bits per heavy atom. The van der Waals surface area contributed by atoms with E-state index in [1.54, 1.807) is 13.8 Å². The molecule has 10 heteroatoms. The van der Waals surface area contributed by atoms with Crippen molar-refractivity contribution in [3.8, 4) is 5.88 Å². The topological polar surface area (TPSA) is 94.1 Å². The fraction of sp³-hybridized carbons (Fsp3) is 0.421. The second-order valence-corrected chi connectivity index (χ2v) is 6.37. The number of rotatable bonds is 8. The Morgan fingerprint density at radius 2 is 1.97 bits per heavy atom. The van der Waals surface area contributed by atoms with Crippen molar-refractivity contribution in [3.63, 3.8) is 0 Å². The largest absolute Gasteiger partial charge is 0.465 e. The zero-order valence-corrected chi connectivity index (χ0v) is 16.2. The van der Waals surface area contributed by atoms with Gasteiger partial charge >= 0.3 is 6.18 Å². The summed E-state index contributed by atoms with van der Waals surface area (Å²) < 4.78 is 42.2. The van der Waals surface area contributed by atoms with Gasteiger partial charge in [-0.15, -0.1) is 0 Å². The molecule has 156 valence electrons. The van der Waals surface area contributed by atoms with E-state index in [4.69, 9.17) is 4.74 Å². The first-order valence-electron chi connectivity index (χ1n) is 8.91. The lowest BCUT2D eigenvalue weighted by Crippen LogP contribution is -2.31. The predicted molar refractivity (Wildman–Crippen MR) is 97.3 cm³/mol. The molecule has 0 bridgehead atoms. The van der Waals surface area contributed by atoms with E-state index in [2.05, 4.69) is 20.3 Å². The lowest BCUT2D eigenvalue weighted by atomic mass is 10.2. The molecule has 0 aliphatic rings. The van der Waals surface area contributed by atoms with Crippen molar-refractivity contribution in [2.45, 2.75) is 52.4 Å². The maximum absolute atomic E-state index is 12.5. The summed E-state index contributed by atoms with van der Waals surface area (Å²) in [6.45, 7) is 4.41. The number of halogens is 3. The van der Waals surface area contributed by atoms with Gasteiger partial charge in [-0.3, -0.25) is 9.59 Å². The third-order valence-electron chi connectivity index (χ3n) is 3.89. The van der Waals surface area contributed by atoms with Gasteiger partial charge < -0.3 is 10.1 Å². The van der Waals surface area contributed by atoms with Gasteiger partial charge in [-0.05, 0) is 25.5 Å². The first-order chi connectivity index (χ1) is 13.6. The highest BCUT2D eigenvalue weighted by molar-refractivity contribution is 5.92. The van der Waals surface area contributed by atoms with Crippen molar-refractivity contribution in [2.75, 3.05) is 0 Å². The number of aromatic nitrogens is 3. The van der Waals surface area contributed by atoms with Crippen LogP contribution in [0.25, 0.3) is 0 Å². The van der Waals surface area contributed by atoms with E-state index >= 15 is 0 Å². The van der Waals surface area contributed by atoms with Gasteiger partial charge in [-0.1, -0.05) is 13.0 Å². The number of ether oxygens (including phenoxy) is 1. The number of pyridine rings is 1. The summed E-state index contributed by atoms with van der Waals surface area (Å²) in [4.78, 5) is 36.0. The average Bonchev–Trinajstić information content (AvgIpc) is 2.65. The molecule has 2 heterocycles. The van der Waals surface area contributed by atoms with Crippen LogP contribution in [0.3, 0.4) is 0 Å². The minimum atomic E-state index is -4.48. The van der Waals surface area contributed by atoms with Crippen LogP contribution in [-0.2, 0) is 17.8 Å². The van der Waals surface area contributed by atoms with Crippen LogP contribution in [-0.4, -0.2) is 38.9 Å². The first kappa shape index (κ1) is 22.3. The fourth-order valence-electron chi connectivity index (χ4n) is 2.23. The van der Waals surface area contributed by atoms with E-state index in [1.165, 1.54) is 24.4 Å². The van der Waals surface area contributed by atoms with Crippen LogP contribution >= 0.6 is 0 Å². The van der Waals surface area contributed by atoms with E-state index in [1.807, 2.05) is 0 Å². The predicted octanol–water partition coefficient (Wildman–Crippen LogP) is 2.96. The number of alkyl halides is 3. The van der Waals surface area contributed by atoms with Crippen molar-refractivity contribution >= 4 is 11.7 Å². The molecule has 7 nitrogen and oxygen atoms in total. The van der Waals surface area contributed by atoms with Crippen LogP contribution < -0.4 is 10.1 Å². The molecule has 0 aromatic carbocycles. The molecule has 2 aromatic heterocycles. The maximum Gasteiger partial charge on any atom is 0.425 e. The number of Topliss-reactive ketones (excluding diaryl/α,β-unsaturated/α-hetero) is 1. The van der Waals surface area contributed by atoms with Gasteiger partial charge in [0.1, 0.15) is 17.3 Å². The first-order valence-corrected chi connectivity index (χ1v) is 8.91. The Balaban J connectivity index is 1.98. The van der Waals surface area contributed by atoms with Crippen molar-refractivity contribution < 1.29 is 27.5 Å². The summed E-state index contributed by atoms with van der Waals surface area (Å²) in [6.07, 6.45) is -4.73. The van der Waals surface area contributed by atoms with Gasteiger partial charge in [0, 0.05) is 30.9 Å². The zero-order valence-electron chi connectivity index (χ0n) is 16.2. The number of amides is 1. The van der Waals surface area contributed by atoms with E-state index in [0.717, 1.165) is 6.92 Å². The van der Waals surface area contributed by atoms with Crippen molar-refractivity contribution in [3.05, 3.63) is 47.2 Å². The molecule has 0 aliphatic heterocycles. The van der Waals surface area contributed by atoms with Gasteiger partial charge in [0.15, 0.2) is 6.10 Å². The third-order valence-corrected chi connectivity index (χ3v) is 3.89. The number of nitrogens with one attached hydrogen (secondary N) is 1. The van der Waals surface area contributed by atoms with Crippen molar-refractivity contribution in [1.82, 2.24) is 20.3 Å². The number of ketones is 1. The SMILES string of the molecule is CCC(=O)Cc1nc(C)cc(C(=O)NCc2ccc(O[C@H](C)C(F)(F)F)nc2)n1. The maximum atomic E-state index is 12.5. The molecule has 1 amide bonds. The van der Waals surface area contributed by atoms with Crippen LogP contribution in [0.5, 0.6) is 5.88 Å². The smallest absolute Gasteiger partial charge is 0.425 e. The van der Waals surface area contributed by atoms with E-state index in [9.17, 15) is 22.8 Å². The normalized spacial score (nSPS) is 12.3. The Labute approximate surface area is 165 Å². The quantitative estimate of drug-likeness (QED) is 0.719. The van der Waals surface area contributed by atoms with Gasteiger partial charge in [0.2, 0.25) is 5.88 Å². The molecule has 0 saturated carbocycles. The lowest BCUT2D eigenvalue weighted by molar-refractivity contribution is -0.189. The van der Waals surface area contributed by atoms with E-state index in [0.29, 0.717) is 17.7 Å². The van der Waals surface area contributed by atoms with Crippen molar-refractivity contribution in [1.29, 1.82) is 0 Å². The van der Waals surface area contributed by atoms with Gasteiger partial charge in [-0.25, -0.2) is 15.0 Å². The van der Waals surface area contributed by atoms with Gasteiger partial charge in [0.05, 0.1) is 6.42 Å². The molecule has 0 fully saturated rings. The molecule has 1 N–H and O–H groups in total. The molecule has 0 unspecified atom stereocenters. The number of hydrogen-bond donors (Lipinski definition) is 1. The molecule has 0 aliphatic carbocycles. The highest BCUT2D eigenvalue weighted by Crippen LogP contribution is 2.23. The Morgan fingerprint density at radius 3 is 2.55 bits per heavy atom. The number of carbonyl (C=O) groups is 2. The summed E-state index contributed by atoms with van der Waals surface area (Å²) in [5, 5.41) is 2.65. The summed E-state index contributed by atoms with van der Waals surface area (Å²) in [6, 6.07) is 4.30. The Bertz CT molecular complexity index is 870. The zero-order chi connectivity index (χ0) is 21.6. The molecule has 0 spiro atoms. The second kappa shape index (κ2) is 9.44. The highest BCUT2D eigenvalue weighted by atomic mass is 19.4. The van der Waals surface area contributed by atoms with E-state index < -0.39 is 18.2 Å². The molecule has 0 radical (unpaired) electrons. The van der Waals surface area contributed by atoms with Crippen molar-refractivity contribution in [2.24, 2.45) is 0 Å². The lowest BCUT2D eigenvalue weighted by Gasteiger charge is -2.16. The summed E-state index contributed by atoms with van der Waals surface area (Å²) in [7, 11) is 0. The third kappa shape index (κ3) is 6.81. The summed E-state index contributed by atoms with van der Waals surface area (Å²) >= 11 is 0. The molecular weight excluding hydrogens is 389 g/mol.